The van der Waals surface area contributed by atoms with Crippen LogP contribution >= 0.6 is 22.9 Å². The number of hydrogen-bond acceptors (Lipinski definition) is 3. The number of rotatable bonds is 3. The Balaban J connectivity index is 2.04. The van der Waals surface area contributed by atoms with Crippen LogP contribution in [0.1, 0.15) is 16.0 Å². The zero-order valence-corrected chi connectivity index (χ0v) is 10.8. The lowest BCUT2D eigenvalue weighted by molar-refractivity contribution is 1.16. The van der Waals surface area contributed by atoms with Gasteiger partial charge in [-0.15, -0.1) is 11.3 Å². The Labute approximate surface area is 104 Å². The summed E-state index contributed by atoms with van der Waals surface area (Å²) in [6.07, 6.45) is 1.81. The third-order valence-corrected chi connectivity index (χ3v) is 3.48. The largest absolute Gasteiger partial charge is 0.380 e. The van der Waals surface area contributed by atoms with Gasteiger partial charge in [-0.2, -0.15) is 0 Å². The van der Waals surface area contributed by atoms with E-state index in [1.54, 1.807) is 0 Å². The lowest BCUT2D eigenvalue weighted by Gasteiger charge is -2.08. The van der Waals surface area contributed by atoms with Crippen molar-refractivity contribution in [1.82, 2.24) is 4.98 Å². The summed E-state index contributed by atoms with van der Waals surface area (Å²) in [7, 11) is 0. The molecule has 2 nitrogen and oxygen atoms in total. The minimum Gasteiger partial charge on any atom is -0.380 e. The van der Waals surface area contributed by atoms with Crippen LogP contribution in [0.4, 0.5) is 5.69 Å². The second-order valence-electron chi connectivity index (χ2n) is 3.75. The monoisotopic (exact) mass is 252 g/mol. The van der Waals surface area contributed by atoms with Crippen molar-refractivity contribution in [3.8, 4) is 0 Å². The highest BCUT2D eigenvalue weighted by atomic mass is 35.5. The molecule has 2 rings (SSSR count). The molecule has 0 aliphatic heterocycles. The number of nitrogens with one attached hydrogen (secondary N) is 1. The van der Waals surface area contributed by atoms with E-state index in [2.05, 4.69) is 42.3 Å². The lowest BCUT2D eigenvalue weighted by atomic mass is 10.1. The van der Waals surface area contributed by atoms with Gasteiger partial charge in [0.1, 0.15) is 0 Å². The van der Waals surface area contributed by atoms with Crippen molar-refractivity contribution in [2.24, 2.45) is 0 Å². The summed E-state index contributed by atoms with van der Waals surface area (Å²) in [6.45, 7) is 4.98. The van der Waals surface area contributed by atoms with Gasteiger partial charge in [0.25, 0.3) is 0 Å². The molecule has 1 heterocycles. The van der Waals surface area contributed by atoms with Crippen LogP contribution in [0.2, 0.25) is 4.47 Å². The second kappa shape index (κ2) is 4.85. The number of halogens is 1. The van der Waals surface area contributed by atoms with Gasteiger partial charge in [-0.05, 0) is 25.5 Å². The minimum absolute atomic E-state index is 0.595. The van der Waals surface area contributed by atoms with Crippen LogP contribution in [0.3, 0.4) is 0 Å². The number of aromatic nitrogens is 1. The standard InChI is InChI=1S/C12H13ClN2S/c1-8-3-4-11(9(2)5-8)14-6-10-7-15-12(13)16-10/h3-5,7,14H,6H2,1-2H3. The van der Waals surface area contributed by atoms with Gasteiger partial charge in [0, 0.05) is 16.8 Å². The third kappa shape index (κ3) is 2.74. The molecule has 2 aromatic rings. The number of thiazole rings is 1. The van der Waals surface area contributed by atoms with Crippen LogP contribution in [0.5, 0.6) is 0 Å². The molecular weight excluding hydrogens is 240 g/mol. The Morgan fingerprint density at radius 1 is 1.38 bits per heavy atom. The zero-order chi connectivity index (χ0) is 11.5. The van der Waals surface area contributed by atoms with Crippen LogP contribution in [0, 0.1) is 13.8 Å². The van der Waals surface area contributed by atoms with Crippen molar-refractivity contribution in [2.75, 3.05) is 5.32 Å². The Hall–Kier alpha value is -1.06. The number of aryl methyl sites for hydroxylation is 2. The van der Waals surface area contributed by atoms with Crippen LogP contribution in [-0.4, -0.2) is 4.98 Å². The van der Waals surface area contributed by atoms with Gasteiger partial charge in [0.2, 0.25) is 0 Å². The van der Waals surface area contributed by atoms with Crippen LogP contribution in [0.15, 0.2) is 24.4 Å². The molecular formula is C12H13ClN2S. The molecule has 0 saturated carbocycles. The van der Waals surface area contributed by atoms with Crippen molar-refractivity contribution in [2.45, 2.75) is 20.4 Å². The highest BCUT2D eigenvalue weighted by molar-refractivity contribution is 7.15. The molecule has 0 spiro atoms. The van der Waals surface area contributed by atoms with E-state index in [-0.39, 0.29) is 0 Å². The SMILES string of the molecule is Cc1ccc(NCc2cnc(Cl)s2)c(C)c1. The van der Waals surface area contributed by atoms with Gasteiger partial charge >= 0.3 is 0 Å². The highest BCUT2D eigenvalue weighted by Gasteiger charge is 2.01. The predicted molar refractivity (Wildman–Crippen MR) is 70.4 cm³/mol. The van der Waals surface area contributed by atoms with Crippen molar-refractivity contribution >= 4 is 28.6 Å². The Bertz CT molecular complexity index is 494. The molecule has 4 heteroatoms. The van der Waals surface area contributed by atoms with Crippen LogP contribution in [-0.2, 0) is 6.54 Å². The first kappa shape index (κ1) is 11.4. The average molecular weight is 253 g/mol. The molecule has 0 unspecified atom stereocenters. The van der Waals surface area contributed by atoms with E-state index in [0.29, 0.717) is 4.47 Å². The summed E-state index contributed by atoms with van der Waals surface area (Å²) in [5.41, 5.74) is 3.70. The van der Waals surface area contributed by atoms with Gasteiger partial charge in [-0.25, -0.2) is 4.98 Å². The number of benzene rings is 1. The molecule has 0 bridgehead atoms. The van der Waals surface area contributed by atoms with Crippen molar-refractivity contribution < 1.29 is 0 Å². The van der Waals surface area contributed by atoms with E-state index in [9.17, 15) is 0 Å². The maximum Gasteiger partial charge on any atom is 0.183 e. The summed E-state index contributed by atoms with van der Waals surface area (Å²) in [4.78, 5) is 5.15. The van der Waals surface area contributed by atoms with E-state index in [1.165, 1.54) is 22.5 Å². The molecule has 0 saturated heterocycles. The molecule has 0 radical (unpaired) electrons. The summed E-state index contributed by atoms with van der Waals surface area (Å²) in [5.74, 6) is 0. The minimum atomic E-state index is 0.595. The van der Waals surface area contributed by atoms with Crippen molar-refractivity contribution in [3.63, 3.8) is 0 Å². The Kier molecular flexibility index (Phi) is 3.46. The van der Waals surface area contributed by atoms with E-state index in [4.69, 9.17) is 11.6 Å². The third-order valence-electron chi connectivity index (χ3n) is 2.36. The lowest BCUT2D eigenvalue weighted by Crippen LogP contribution is -1.99. The maximum atomic E-state index is 5.77. The first-order valence-electron chi connectivity index (χ1n) is 5.06. The fraction of sp³-hybridized carbons (Fsp3) is 0.250. The van der Waals surface area contributed by atoms with E-state index < -0.39 is 0 Å². The Morgan fingerprint density at radius 2 is 2.19 bits per heavy atom. The number of nitrogens with zero attached hydrogens (tertiary/aromatic N) is 1. The maximum absolute atomic E-state index is 5.77. The first-order chi connectivity index (χ1) is 7.65. The molecule has 1 N–H and O–H groups in total. The smallest absolute Gasteiger partial charge is 0.183 e. The van der Waals surface area contributed by atoms with Gasteiger partial charge < -0.3 is 5.32 Å². The van der Waals surface area contributed by atoms with Gasteiger partial charge in [-0.1, -0.05) is 29.3 Å². The Morgan fingerprint density at radius 3 is 2.81 bits per heavy atom. The number of hydrogen-bond donors (Lipinski definition) is 1. The number of anilines is 1. The van der Waals surface area contributed by atoms with Crippen LogP contribution < -0.4 is 5.32 Å². The fourth-order valence-corrected chi connectivity index (χ4v) is 2.48. The average Bonchev–Trinajstić information content (AvgIpc) is 2.63. The topological polar surface area (TPSA) is 24.9 Å². The molecule has 0 fully saturated rings. The molecule has 0 amide bonds. The molecule has 0 aliphatic carbocycles. The quantitative estimate of drug-likeness (QED) is 0.892. The van der Waals surface area contributed by atoms with Gasteiger partial charge in [0.05, 0.1) is 6.54 Å². The molecule has 1 aromatic carbocycles. The van der Waals surface area contributed by atoms with Crippen molar-refractivity contribution in [1.29, 1.82) is 0 Å². The second-order valence-corrected chi connectivity index (χ2v) is 5.45. The molecule has 16 heavy (non-hydrogen) atoms. The van der Waals surface area contributed by atoms with E-state index in [0.717, 1.165) is 17.1 Å². The van der Waals surface area contributed by atoms with Gasteiger partial charge in [0.15, 0.2) is 4.47 Å². The van der Waals surface area contributed by atoms with E-state index >= 15 is 0 Å². The van der Waals surface area contributed by atoms with Crippen molar-refractivity contribution in [3.05, 3.63) is 44.9 Å². The summed E-state index contributed by atoms with van der Waals surface area (Å²) in [5, 5.41) is 3.38. The van der Waals surface area contributed by atoms with Gasteiger partial charge in [-0.3, -0.25) is 0 Å². The summed E-state index contributed by atoms with van der Waals surface area (Å²) in [6, 6.07) is 6.38. The molecule has 1 aromatic heterocycles. The molecule has 0 aliphatic rings. The highest BCUT2D eigenvalue weighted by Crippen LogP contribution is 2.21. The van der Waals surface area contributed by atoms with Crippen LogP contribution in [0.25, 0.3) is 0 Å². The normalized spacial score (nSPS) is 10.4. The zero-order valence-electron chi connectivity index (χ0n) is 9.25. The fourth-order valence-electron chi connectivity index (χ4n) is 1.56. The predicted octanol–water partition coefficient (Wildman–Crippen LogP) is 4.03. The summed E-state index contributed by atoms with van der Waals surface area (Å²) < 4.78 is 0.595. The van der Waals surface area contributed by atoms with E-state index in [1.807, 2.05) is 6.20 Å². The molecule has 0 atom stereocenters. The first-order valence-corrected chi connectivity index (χ1v) is 6.26. The summed E-state index contributed by atoms with van der Waals surface area (Å²) >= 11 is 7.28. The molecule has 84 valence electrons.